The number of ether oxygens (including phenoxy) is 1. The predicted molar refractivity (Wildman–Crippen MR) is 100 cm³/mol. The van der Waals surface area contributed by atoms with Gasteiger partial charge in [-0.1, -0.05) is 0 Å². The van der Waals surface area contributed by atoms with Crippen molar-refractivity contribution in [1.29, 1.82) is 0 Å². The van der Waals surface area contributed by atoms with E-state index < -0.39 is 0 Å². The van der Waals surface area contributed by atoms with Crippen molar-refractivity contribution in [2.75, 3.05) is 24.7 Å². The number of benzene rings is 1. The van der Waals surface area contributed by atoms with Crippen molar-refractivity contribution in [3.8, 4) is 17.1 Å². The molecule has 0 aliphatic carbocycles. The van der Waals surface area contributed by atoms with E-state index in [-0.39, 0.29) is 17.8 Å². The van der Waals surface area contributed by atoms with Gasteiger partial charge in [0, 0.05) is 61.6 Å². The van der Waals surface area contributed by atoms with E-state index in [2.05, 4.69) is 20.4 Å². The Morgan fingerprint density at radius 1 is 1.36 bits per heavy atom. The largest absolute Gasteiger partial charge is 0.354 e. The minimum atomic E-state index is -0.363. The van der Waals surface area contributed by atoms with E-state index in [4.69, 9.17) is 4.74 Å². The molecule has 3 aromatic rings. The third-order valence-corrected chi connectivity index (χ3v) is 4.45. The maximum Gasteiger partial charge on any atom is 0.250 e. The zero-order chi connectivity index (χ0) is 19.5. The highest BCUT2D eigenvalue weighted by Crippen LogP contribution is 2.28. The van der Waals surface area contributed by atoms with Gasteiger partial charge in [0.05, 0.1) is 6.10 Å². The van der Waals surface area contributed by atoms with Crippen LogP contribution in [0.4, 0.5) is 10.1 Å². The van der Waals surface area contributed by atoms with Gasteiger partial charge in [-0.3, -0.25) is 4.79 Å². The van der Waals surface area contributed by atoms with Crippen LogP contribution in [-0.4, -0.2) is 51.6 Å². The molecule has 0 unspecified atom stereocenters. The van der Waals surface area contributed by atoms with Crippen molar-refractivity contribution in [3.05, 3.63) is 54.9 Å². The number of halogens is 1. The Kier molecular flexibility index (Phi) is 4.98. The Morgan fingerprint density at radius 2 is 2.18 bits per heavy atom. The molecule has 0 bridgehead atoms. The first-order chi connectivity index (χ1) is 13.6. The van der Waals surface area contributed by atoms with Gasteiger partial charge in [0.2, 0.25) is 11.9 Å². The van der Waals surface area contributed by atoms with Gasteiger partial charge < -0.3 is 15.0 Å². The zero-order valence-corrected chi connectivity index (χ0v) is 15.2. The molecule has 1 amide bonds. The number of rotatable bonds is 5. The molecular weight excluding hydrogens is 363 g/mol. The summed E-state index contributed by atoms with van der Waals surface area (Å²) < 4.78 is 21.9. The molecule has 1 aliphatic heterocycles. The monoisotopic (exact) mass is 382 g/mol. The molecule has 9 heteroatoms. The number of anilines is 1. The smallest absolute Gasteiger partial charge is 0.250 e. The summed E-state index contributed by atoms with van der Waals surface area (Å²) in [7, 11) is 0. The second kappa shape index (κ2) is 7.73. The van der Waals surface area contributed by atoms with E-state index in [1.165, 1.54) is 17.7 Å². The summed E-state index contributed by atoms with van der Waals surface area (Å²) in [6, 6.07) is 6.79. The molecule has 3 heterocycles. The summed E-state index contributed by atoms with van der Waals surface area (Å²) in [5.74, 6) is -0.0401. The van der Waals surface area contributed by atoms with Gasteiger partial charge in [-0.15, -0.1) is 0 Å². The first-order valence-electron chi connectivity index (χ1n) is 8.83. The fourth-order valence-corrected chi connectivity index (χ4v) is 3.01. The summed E-state index contributed by atoms with van der Waals surface area (Å²) in [4.78, 5) is 21.4. The molecule has 1 aromatic carbocycles. The van der Waals surface area contributed by atoms with Gasteiger partial charge in [0.1, 0.15) is 12.5 Å². The number of carbonyl (C=O) groups excluding carboxylic acids is 1. The molecule has 144 valence electrons. The lowest BCUT2D eigenvalue weighted by Crippen LogP contribution is -2.33. The Hall–Kier alpha value is -3.33. The van der Waals surface area contributed by atoms with Crippen molar-refractivity contribution in [2.45, 2.75) is 13.0 Å². The Bertz CT molecular complexity index is 961. The van der Waals surface area contributed by atoms with E-state index in [9.17, 15) is 9.18 Å². The van der Waals surface area contributed by atoms with Crippen LogP contribution in [0.1, 0.15) is 6.92 Å². The lowest BCUT2D eigenvalue weighted by atomic mass is 10.1. The highest BCUT2D eigenvalue weighted by molar-refractivity contribution is 5.72. The van der Waals surface area contributed by atoms with Crippen LogP contribution in [0, 0.1) is 5.82 Å². The van der Waals surface area contributed by atoms with Gasteiger partial charge in [0.25, 0.3) is 0 Å². The third kappa shape index (κ3) is 3.84. The second-order valence-corrected chi connectivity index (χ2v) is 6.46. The van der Waals surface area contributed by atoms with Crippen molar-refractivity contribution in [1.82, 2.24) is 25.1 Å². The minimum Gasteiger partial charge on any atom is -0.354 e. The summed E-state index contributed by atoms with van der Waals surface area (Å²) in [6.07, 6.45) is 6.41. The third-order valence-electron chi connectivity index (χ3n) is 4.45. The number of hydrogen-bond donors (Lipinski definition) is 1. The Balaban J connectivity index is 1.47. The van der Waals surface area contributed by atoms with Gasteiger partial charge in [-0.05, 0) is 24.3 Å². The van der Waals surface area contributed by atoms with Gasteiger partial charge in [-0.25, -0.2) is 19.0 Å². The summed E-state index contributed by atoms with van der Waals surface area (Å²) >= 11 is 0. The maximum atomic E-state index is 14.7. The van der Waals surface area contributed by atoms with Gasteiger partial charge in [0.15, 0.2) is 0 Å². The average molecular weight is 382 g/mol. The highest BCUT2D eigenvalue weighted by Gasteiger charge is 2.24. The number of aromatic nitrogens is 4. The van der Waals surface area contributed by atoms with Crippen LogP contribution in [0.25, 0.3) is 17.1 Å². The molecule has 8 nitrogen and oxygen atoms in total. The molecule has 1 aliphatic rings. The number of amides is 1. The molecule has 0 radical (unpaired) electrons. The van der Waals surface area contributed by atoms with Crippen LogP contribution in [0.15, 0.2) is 49.1 Å². The van der Waals surface area contributed by atoms with Crippen LogP contribution in [0.3, 0.4) is 0 Å². The predicted octanol–water partition coefficient (Wildman–Crippen LogP) is 1.77. The molecule has 28 heavy (non-hydrogen) atoms. The van der Waals surface area contributed by atoms with Gasteiger partial charge in [-0.2, -0.15) is 5.10 Å². The summed E-state index contributed by atoms with van der Waals surface area (Å²) in [6.45, 7) is 2.84. The first-order valence-corrected chi connectivity index (χ1v) is 8.83. The maximum absolute atomic E-state index is 14.7. The molecule has 1 atom stereocenters. The topological polar surface area (TPSA) is 85.2 Å². The second-order valence-electron chi connectivity index (χ2n) is 6.46. The molecule has 1 N–H and O–H groups in total. The molecule has 4 rings (SSSR count). The number of carbonyl (C=O) groups is 1. The first kappa shape index (κ1) is 18.1. The molecule has 1 fully saturated rings. The highest BCUT2D eigenvalue weighted by atomic mass is 19.1. The van der Waals surface area contributed by atoms with Crippen LogP contribution in [-0.2, 0) is 9.53 Å². The van der Waals surface area contributed by atoms with E-state index in [0.717, 1.165) is 5.69 Å². The molecular formula is C19H19FN6O2. The van der Waals surface area contributed by atoms with E-state index in [1.54, 1.807) is 36.9 Å². The molecule has 0 spiro atoms. The Morgan fingerprint density at radius 3 is 2.86 bits per heavy atom. The molecule has 0 saturated carbocycles. The van der Waals surface area contributed by atoms with Crippen molar-refractivity contribution in [2.24, 2.45) is 0 Å². The van der Waals surface area contributed by atoms with E-state index in [0.29, 0.717) is 36.9 Å². The normalized spacial score (nSPS) is 16.4. The SMILES string of the molecule is CC(=O)NC[C@H]1CN(c2ccc(-c3cnc(-n4cccn4)nc3)c(F)c2)CO1. The fraction of sp³-hybridized carbons (Fsp3) is 0.263. The van der Waals surface area contributed by atoms with Crippen molar-refractivity contribution >= 4 is 11.6 Å². The lowest BCUT2D eigenvalue weighted by molar-refractivity contribution is -0.119. The van der Waals surface area contributed by atoms with E-state index in [1.807, 2.05) is 11.0 Å². The molecule has 1 saturated heterocycles. The summed E-state index contributed by atoms with van der Waals surface area (Å²) in [5.41, 5.74) is 1.73. The minimum absolute atomic E-state index is 0.0989. The van der Waals surface area contributed by atoms with Crippen LogP contribution in [0.2, 0.25) is 0 Å². The number of nitrogens with one attached hydrogen (secondary N) is 1. The Labute approximate surface area is 161 Å². The average Bonchev–Trinajstić information content (AvgIpc) is 3.39. The van der Waals surface area contributed by atoms with Crippen molar-refractivity contribution in [3.63, 3.8) is 0 Å². The fourth-order valence-electron chi connectivity index (χ4n) is 3.01. The van der Waals surface area contributed by atoms with Crippen LogP contribution >= 0.6 is 0 Å². The molecule has 2 aromatic heterocycles. The lowest BCUT2D eigenvalue weighted by Gasteiger charge is -2.17. The van der Waals surface area contributed by atoms with Crippen LogP contribution in [0.5, 0.6) is 0 Å². The summed E-state index contributed by atoms with van der Waals surface area (Å²) in [5, 5.41) is 6.80. The van der Waals surface area contributed by atoms with Crippen molar-refractivity contribution < 1.29 is 13.9 Å². The van der Waals surface area contributed by atoms with Crippen LogP contribution < -0.4 is 10.2 Å². The zero-order valence-electron chi connectivity index (χ0n) is 15.2. The number of hydrogen-bond acceptors (Lipinski definition) is 6. The van der Waals surface area contributed by atoms with Gasteiger partial charge >= 0.3 is 0 Å². The number of nitrogens with zero attached hydrogens (tertiary/aromatic N) is 5. The van der Waals surface area contributed by atoms with E-state index >= 15 is 0 Å². The standard InChI is InChI=1S/C19H19FN6O2/c1-13(27)21-10-16-11-25(12-28-16)15-3-4-17(18(20)7-15)14-8-22-19(23-9-14)26-6-2-5-24-26/h2-9,16H,10-12H2,1H3,(H,21,27)/t16-/m0/s1. The quantitative estimate of drug-likeness (QED) is 0.724.